The van der Waals surface area contributed by atoms with Crippen LogP contribution in [0, 0.1) is 24.0 Å². The van der Waals surface area contributed by atoms with Crippen molar-refractivity contribution >= 4 is 23.0 Å². The molecule has 3 rings (SSSR count). The van der Waals surface area contributed by atoms with Crippen molar-refractivity contribution in [2.75, 3.05) is 0 Å². The zero-order chi connectivity index (χ0) is 18.0. The van der Waals surface area contributed by atoms with E-state index in [1.807, 2.05) is 17.5 Å². The summed E-state index contributed by atoms with van der Waals surface area (Å²) in [6, 6.07) is 3.76. The Morgan fingerprint density at radius 2 is 2.28 bits per heavy atom. The summed E-state index contributed by atoms with van der Waals surface area (Å²) in [5.74, 6) is -0.101. The molecule has 0 N–H and O–H groups in total. The van der Waals surface area contributed by atoms with Crippen LogP contribution in [0.3, 0.4) is 0 Å². The number of nitro groups is 1. The van der Waals surface area contributed by atoms with Gasteiger partial charge in [0.25, 0.3) is 0 Å². The summed E-state index contributed by atoms with van der Waals surface area (Å²) in [6.07, 6.45) is 1.43. The van der Waals surface area contributed by atoms with E-state index in [-0.39, 0.29) is 24.5 Å². The van der Waals surface area contributed by atoms with Crippen molar-refractivity contribution in [2.24, 2.45) is 0 Å². The van der Waals surface area contributed by atoms with Gasteiger partial charge in [-0.2, -0.15) is 5.10 Å². The van der Waals surface area contributed by atoms with E-state index >= 15 is 0 Å². The van der Waals surface area contributed by atoms with Gasteiger partial charge in [-0.15, -0.1) is 11.3 Å². The average Bonchev–Trinajstić information content (AvgIpc) is 3.26. The first kappa shape index (κ1) is 16.8. The second-order valence-electron chi connectivity index (χ2n) is 5.22. The van der Waals surface area contributed by atoms with Crippen molar-refractivity contribution in [1.29, 1.82) is 0 Å². The fourth-order valence-electron chi connectivity index (χ4n) is 2.31. The molecule has 0 aliphatic carbocycles. The third kappa shape index (κ3) is 3.58. The quantitative estimate of drug-likeness (QED) is 0.376. The number of hydrogen-bond acceptors (Lipinski definition) is 8. The molecule has 0 unspecified atom stereocenters. The number of thiophene rings is 1. The molecule has 0 fully saturated rings. The van der Waals surface area contributed by atoms with Gasteiger partial charge in [0.1, 0.15) is 36.5 Å². The third-order valence-corrected chi connectivity index (χ3v) is 4.33. The fourth-order valence-corrected chi connectivity index (χ4v) is 2.97. The van der Waals surface area contributed by atoms with Gasteiger partial charge in [-0.25, -0.2) is 4.98 Å². The van der Waals surface area contributed by atoms with Crippen LogP contribution in [0.2, 0.25) is 0 Å². The Hall–Kier alpha value is -3.01. The first-order chi connectivity index (χ1) is 12.0. The van der Waals surface area contributed by atoms with Gasteiger partial charge in [0, 0.05) is 0 Å². The Labute approximate surface area is 146 Å². The Morgan fingerprint density at radius 3 is 2.92 bits per heavy atom. The molecular formula is C15H14N4O5S. The first-order valence-electron chi connectivity index (χ1n) is 7.28. The number of ether oxygens (including phenoxy) is 1. The molecule has 0 amide bonds. The maximum atomic E-state index is 12.0. The van der Waals surface area contributed by atoms with Crippen LogP contribution in [0.4, 0.5) is 5.69 Å². The minimum absolute atomic E-state index is 0.0465. The number of carbonyl (C=O) groups excluding carboxylic acids is 1. The molecule has 3 aromatic heterocycles. The number of oxazole rings is 1. The van der Waals surface area contributed by atoms with Crippen molar-refractivity contribution in [3.8, 4) is 10.8 Å². The summed E-state index contributed by atoms with van der Waals surface area (Å²) < 4.78 is 11.7. The van der Waals surface area contributed by atoms with Crippen molar-refractivity contribution in [3.05, 3.63) is 51.0 Å². The molecule has 0 aliphatic heterocycles. The predicted octanol–water partition coefficient (Wildman–Crippen LogP) is 2.87. The topological polar surface area (TPSA) is 113 Å². The van der Waals surface area contributed by atoms with Gasteiger partial charge in [-0.05, 0) is 25.3 Å². The van der Waals surface area contributed by atoms with E-state index in [0.29, 0.717) is 17.3 Å². The van der Waals surface area contributed by atoms with Gasteiger partial charge in [0.15, 0.2) is 0 Å². The summed E-state index contributed by atoms with van der Waals surface area (Å²) in [5, 5.41) is 16.9. The molecule has 0 aromatic carbocycles. The molecule has 0 saturated carbocycles. The van der Waals surface area contributed by atoms with E-state index < -0.39 is 10.9 Å². The Morgan fingerprint density at radius 1 is 1.48 bits per heavy atom. The summed E-state index contributed by atoms with van der Waals surface area (Å²) in [4.78, 5) is 27.5. The van der Waals surface area contributed by atoms with Crippen molar-refractivity contribution in [1.82, 2.24) is 14.8 Å². The van der Waals surface area contributed by atoms with Crippen LogP contribution in [0.5, 0.6) is 0 Å². The molecule has 130 valence electrons. The van der Waals surface area contributed by atoms with Crippen LogP contribution in [0.15, 0.2) is 28.2 Å². The van der Waals surface area contributed by atoms with Crippen molar-refractivity contribution in [2.45, 2.75) is 27.0 Å². The molecule has 0 bridgehead atoms. The number of rotatable bonds is 6. The number of nitrogens with zero attached hydrogens (tertiary/aromatic N) is 4. The molecule has 0 spiro atoms. The van der Waals surface area contributed by atoms with Crippen LogP contribution >= 0.6 is 11.3 Å². The maximum Gasteiger partial charge on any atom is 0.328 e. The highest BCUT2D eigenvalue weighted by Gasteiger charge is 2.23. The molecule has 10 heteroatoms. The summed E-state index contributed by atoms with van der Waals surface area (Å²) in [5.41, 5.74) is 0.953. The lowest BCUT2D eigenvalue weighted by atomic mass is 10.3. The highest BCUT2D eigenvalue weighted by molar-refractivity contribution is 7.13. The zero-order valence-corrected chi connectivity index (χ0v) is 14.3. The van der Waals surface area contributed by atoms with Crippen LogP contribution in [0.1, 0.15) is 17.1 Å². The Kier molecular flexibility index (Phi) is 4.61. The molecule has 0 atom stereocenters. The molecular weight excluding hydrogens is 348 g/mol. The second-order valence-corrected chi connectivity index (χ2v) is 6.16. The largest absolute Gasteiger partial charge is 0.458 e. The van der Waals surface area contributed by atoms with Crippen molar-refractivity contribution in [3.63, 3.8) is 0 Å². The molecule has 0 aliphatic rings. The highest BCUT2D eigenvalue weighted by atomic mass is 32.1. The van der Waals surface area contributed by atoms with Crippen molar-refractivity contribution < 1.29 is 18.9 Å². The SMILES string of the molecule is Cc1nn(CC(=O)OCc2coc(-c3cccs3)n2)c(C)c1[N+](=O)[O-]. The smallest absolute Gasteiger partial charge is 0.328 e. The van der Waals surface area contributed by atoms with Gasteiger partial charge >= 0.3 is 11.7 Å². The molecule has 0 saturated heterocycles. The number of carbonyl (C=O) groups is 1. The van der Waals surface area contributed by atoms with E-state index in [1.54, 1.807) is 0 Å². The number of aromatic nitrogens is 3. The molecule has 3 heterocycles. The lowest BCUT2D eigenvalue weighted by Gasteiger charge is -2.04. The second kappa shape index (κ2) is 6.85. The van der Waals surface area contributed by atoms with E-state index in [0.717, 1.165) is 4.88 Å². The van der Waals surface area contributed by atoms with E-state index in [2.05, 4.69) is 10.1 Å². The monoisotopic (exact) mass is 362 g/mol. The fraction of sp³-hybridized carbons (Fsp3) is 0.267. The third-order valence-electron chi connectivity index (χ3n) is 3.47. The van der Waals surface area contributed by atoms with Gasteiger partial charge in [0.05, 0.1) is 9.80 Å². The number of hydrogen-bond donors (Lipinski definition) is 0. The average molecular weight is 362 g/mol. The molecule has 25 heavy (non-hydrogen) atoms. The minimum atomic E-state index is -0.568. The summed E-state index contributed by atoms with van der Waals surface area (Å²) in [6.45, 7) is 2.80. The van der Waals surface area contributed by atoms with Gasteiger partial charge < -0.3 is 9.15 Å². The maximum absolute atomic E-state index is 12.0. The lowest BCUT2D eigenvalue weighted by molar-refractivity contribution is -0.386. The lowest BCUT2D eigenvalue weighted by Crippen LogP contribution is -2.15. The van der Waals surface area contributed by atoms with Gasteiger partial charge in [-0.3, -0.25) is 19.6 Å². The molecule has 0 radical (unpaired) electrons. The standard InChI is InChI=1S/C15H14N4O5S/c1-9-14(19(21)22)10(2)18(17-9)6-13(20)23-7-11-8-24-15(16-11)12-4-3-5-25-12/h3-5,8H,6-7H2,1-2H3. The van der Waals surface area contributed by atoms with Crippen LogP contribution in [0.25, 0.3) is 10.8 Å². The van der Waals surface area contributed by atoms with E-state index in [4.69, 9.17) is 9.15 Å². The number of aryl methyl sites for hydroxylation is 1. The van der Waals surface area contributed by atoms with Gasteiger partial charge in [0.2, 0.25) is 5.89 Å². The Bertz CT molecular complexity index is 913. The van der Waals surface area contributed by atoms with Gasteiger partial charge in [-0.1, -0.05) is 6.07 Å². The zero-order valence-electron chi connectivity index (χ0n) is 13.5. The normalized spacial score (nSPS) is 10.8. The van der Waals surface area contributed by atoms with Crippen LogP contribution in [-0.2, 0) is 22.7 Å². The van der Waals surface area contributed by atoms with Crippen LogP contribution in [-0.4, -0.2) is 25.7 Å². The van der Waals surface area contributed by atoms with E-state index in [1.165, 1.54) is 36.1 Å². The van der Waals surface area contributed by atoms with Crippen LogP contribution < -0.4 is 0 Å². The highest BCUT2D eigenvalue weighted by Crippen LogP contribution is 2.24. The number of esters is 1. The summed E-state index contributed by atoms with van der Waals surface area (Å²) >= 11 is 1.49. The Balaban J connectivity index is 1.60. The molecule has 9 nitrogen and oxygen atoms in total. The summed E-state index contributed by atoms with van der Waals surface area (Å²) in [7, 11) is 0. The predicted molar refractivity (Wildman–Crippen MR) is 88.0 cm³/mol. The minimum Gasteiger partial charge on any atom is -0.458 e. The van der Waals surface area contributed by atoms with E-state index in [9.17, 15) is 14.9 Å². The molecule has 3 aromatic rings. The first-order valence-corrected chi connectivity index (χ1v) is 8.16.